The van der Waals surface area contributed by atoms with E-state index in [0.29, 0.717) is 5.16 Å². The van der Waals surface area contributed by atoms with Crippen molar-refractivity contribution in [2.45, 2.75) is 24.9 Å². The highest BCUT2D eigenvalue weighted by Gasteiger charge is 2.13. The minimum absolute atomic E-state index is 0.0642. The van der Waals surface area contributed by atoms with Gasteiger partial charge in [0, 0.05) is 36.4 Å². The molecule has 4 rings (SSSR count). The number of carbonyl (C=O) groups is 1. The molecule has 1 fully saturated rings. The molecule has 0 bridgehead atoms. The highest BCUT2D eigenvalue weighted by atomic mass is 32.2. The van der Waals surface area contributed by atoms with E-state index in [9.17, 15) is 4.79 Å². The fraction of sp³-hybridized carbons (Fsp3) is 0.318. The molecule has 1 aliphatic rings. The van der Waals surface area contributed by atoms with E-state index in [1.54, 1.807) is 0 Å². The highest BCUT2D eigenvalue weighted by Crippen LogP contribution is 2.25. The van der Waals surface area contributed by atoms with Crippen LogP contribution in [-0.4, -0.2) is 41.3 Å². The number of hydrogen-bond acceptors (Lipinski definition) is 6. The number of fused-ring (bicyclic) bond motifs is 1. The van der Waals surface area contributed by atoms with Gasteiger partial charge in [-0.25, -0.2) is 9.97 Å². The van der Waals surface area contributed by atoms with Crippen LogP contribution in [0.5, 0.6) is 0 Å². The molecule has 0 spiro atoms. The third kappa shape index (κ3) is 4.79. The first-order valence-electron chi connectivity index (χ1n) is 10.0. The molecule has 1 saturated heterocycles. The van der Waals surface area contributed by atoms with Gasteiger partial charge in [0.05, 0.1) is 11.3 Å². The third-order valence-corrected chi connectivity index (χ3v) is 5.73. The van der Waals surface area contributed by atoms with Gasteiger partial charge in [-0.15, -0.1) is 0 Å². The van der Waals surface area contributed by atoms with Gasteiger partial charge in [-0.05, 0) is 56.2 Å². The van der Waals surface area contributed by atoms with E-state index in [0.717, 1.165) is 42.0 Å². The normalized spacial score (nSPS) is 13.6. The Morgan fingerprint density at radius 3 is 2.59 bits per heavy atom. The molecule has 3 aromatic rings. The number of carbonyl (C=O) groups excluding carboxylic acids is 1. The summed E-state index contributed by atoms with van der Waals surface area (Å²) in [5.74, 6) is 1.00. The van der Waals surface area contributed by atoms with Crippen LogP contribution in [0.3, 0.4) is 0 Å². The molecule has 1 amide bonds. The summed E-state index contributed by atoms with van der Waals surface area (Å²) < 4.78 is 0. The minimum Gasteiger partial charge on any atom is -0.372 e. The highest BCUT2D eigenvalue weighted by molar-refractivity contribution is 7.99. The maximum absolute atomic E-state index is 12.4. The van der Waals surface area contributed by atoms with Crippen LogP contribution >= 0.6 is 11.8 Å². The molecule has 7 heteroatoms. The summed E-state index contributed by atoms with van der Waals surface area (Å²) in [7, 11) is 0. The van der Waals surface area contributed by atoms with Gasteiger partial charge in [-0.3, -0.25) is 4.79 Å². The lowest BCUT2D eigenvalue weighted by atomic mass is 10.2. The Morgan fingerprint density at radius 1 is 1.07 bits per heavy atom. The molecule has 0 radical (unpaired) electrons. The van der Waals surface area contributed by atoms with E-state index in [4.69, 9.17) is 0 Å². The molecule has 2 aromatic carbocycles. The van der Waals surface area contributed by atoms with Crippen LogP contribution < -0.4 is 15.5 Å². The topological polar surface area (TPSA) is 70.2 Å². The molecule has 29 heavy (non-hydrogen) atoms. The molecule has 2 heterocycles. The lowest BCUT2D eigenvalue weighted by Crippen LogP contribution is -2.18. The summed E-state index contributed by atoms with van der Waals surface area (Å²) >= 11 is 1.34. The van der Waals surface area contributed by atoms with E-state index in [-0.39, 0.29) is 11.7 Å². The van der Waals surface area contributed by atoms with Crippen LogP contribution in [-0.2, 0) is 4.79 Å². The monoisotopic (exact) mass is 407 g/mol. The van der Waals surface area contributed by atoms with Gasteiger partial charge in [0.15, 0.2) is 5.16 Å². The number of nitrogens with zero attached hydrogens (tertiary/aromatic N) is 3. The van der Waals surface area contributed by atoms with E-state index < -0.39 is 0 Å². The summed E-state index contributed by atoms with van der Waals surface area (Å²) in [4.78, 5) is 23.9. The number of nitrogens with one attached hydrogen (secondary N) is 2. The van der Waals surface area contributed by atoms with Crippen molar-refractivity contribution in [3.05, 3.63) is 48.5 Å². The number of rotatable bonds is 7. The molecule has 0 unspecified atom stereocenters. The molecule has 1 aromatic heterocycles. The molecule has 150 valence electrons. The molecule has 0 aliphatic carbocycles. The Labute approximate surface area is 175 Å². The van der Waals surface area contributed by atoms with Crippen molar-refractivity contribution in [1.29, 1.82) is 0 Å². The van der Waals surface area contributed by atoms with Gasteiger partial charge >= 0.3 is 0 Å². The Morgan fingerprint density at radius 2 is 1.83 bits per heavy atom. The molecule has 0 atom stereocenters. The first kappa shape index (κ1) is 19.5. The lowest BCUT2D eigenvalue weighted by Gasteiger charge is -2.17. The van der Waals surface area contributed by atoms with E-state index in [1.165, 1.54) is 30.3 Å². The van der Waals surface area contributed by atoms with Crippen LogP contribution in [0.4, 0.5) is 17.2 Å². The van der Waals surface area contributed by atoms with E-state index in [1.807, 2.05) is 43.3 Å². The second kappa shape index (κ2) is 9.13. The van der Waals surface area contributed by atoms with Gasteiger partial charge in [0.1, 0.15) is 5.82 Å². The Balaban J connectivity index is 1.38. The largest absolute Gasteiger partial charge is 0.372 e. The second-order valence-corrected chi connectivity index (χ2v) is 7.92. The zero-order valence-corrected chi connectivity index (χ0v) is 17.3. The van der Waals surface area contributed by atoms with Crippen LogP contribution in [0, 0.1) is 0 Å². The fourth-order valence-electron chi connectivity index (χ4n) is 3.48. The molecular formula is C22H25N5OS. The van der Waals surface area contributed by atoms with Gasteiger partial charge in [0.25, 0.3) is 0 Å². The molecular weight excluding hydrogens is 382 g/mol. The van der Waals surface area contributed by atoms with Gasteiger partial charge in [0.2, 0.25) is 5.91 Å². The number of thioether (sulfide) groups is 1. The van der Waals surface area contributed by atoms with Crippen LogP contribution in [0.25, 0.3) is 10.9 Å². The number of aromatic nitrogens is 2. The van der Waals surface area contributed by atoms with Crippen molar-refractivity contribution in [3.63, 3.8) is 0 Å². The van der Waals surface area contributed by atoms with E-state index >= 15 is 0 Å². The third-order valence-electron chi connectivity index (χ3n) is 4.88. The van der Waals surface area contributed by atoms with Crippen molar-refractivity contribution >= 4 is 45.8 Å². The lowest BCUT2D eigenvalue weighted by molar-refractivity contribution is -0.113. The van der Waals surface area contributed by atoms with Crippen molar-refractivity contribution < 1.29 is 4.79 Å². The summed E-state index contributed by atoms with van der Waals surface area (Å²) in [5, 5.41) is 7.82. The summed E-state index contributed by atoms with van der Waals surface area (Å²) in [6, 6.07) is 16.0. The Hall–Kier alpha value is -2.80. The maximum Gasteiger partial charge on any atom is 0.234 e. The second-order valence-electron chi connectivity index (χ2n) is 6.98. The molecule has 2 N–H and O–H groups in total. The molecule has 6 nitrogen and oxygen atoms in total. The number of amides is 1. The van der Waals surface area contributed by atoms with Gasteiger partial charge in [-0.1, -0.05) is 23.9 Å². The molecule has 0 saturated carbocycles. The smallest absolute Gasteiger partial charge is 0.234 e. The fourth-order valence-corrected chi connectivity index (χ4v) is 4.13. The summed E-state index contributed by atoms with van der Waals surface area (Å²) in [6.07, 6.45) is 2.50. The number of anilines is 3. The Bertz CT molecular complexity index is 986. The Kier molecular flexibility index (Phi) is 6.14. The standard InChI is InChI=1S/C22H25N5OS/c1-2-23-21-18-7-3-4-8-19(18)25-22(26-21)29-15-20(28)24-16-9-11-17(12-10-16)27-13-5-6-14-27/h3-4,7-12H,2,5-6,13-15H2,1H3,(H,24,28)(H,23,25,26). The van der Waals surface area contributed by atoms with Crippen LogP contribution in [0.15, 0.2) is 53.7 Å². The maximum atomic E-state index is 12.4. The predicted octanol–water partition coefficient (Wildman–Crippen LogP) is 4.39. The summed E-state index contributed by atoms with van der Waals surface area (Å²) in [6.45, 7) is 5.04. The van der Waals surface area contributed by atoms with Crippen molar-refractivity contribution in [3.8, 4) is 0 Å². The minimum atomic E-state index is -0.0642. The van der Waals surface area contributed by atoms with Crippen molar-refractivity contribution in [1.82, 2.24) is 9.97 Å². The van der Waals surface area contributed by atoms with Crippen LogP contribution in [0.2, 0.25) is 0 Å². The molecule has 1 aliphatic heterocycles. The average Bonchev–Trinajstić information content (AvgIpc) is 3.28. The van der Waals surface area contributed by atoms with Crippen molar-refractivity contribution in [2.75, 3.05) is 40.9 Å². The summed E-state index contributed by atoms with van der Waals surface area (Å²) in [5.41, 5.74) is 2.90. The first-order valence-corrected chi connectivity index (χ1v) is 11.0. The number of hydrogen-bond donors (Lipinski definition) is 2. The van der Waals surface area contributed by atoms with Crippen molar-refractivity contribution in [2.24, 2.45) is 0 Å². The first-order chi connectivity index (χ1) is 14.2. The van der Waals surface area contributed by atoms with E-state index in [2.05, 4.69) is 37.6 Å². The SMILES string of the molecule is CCNc1nc(SCC(=O)Nc2ccc(N3CCCC3)cc2)nc2ccccc12. The zero-order valence-electron chi connectivity index (χ0n) is 16.5. The quantitative estimate of drug-likeness (QED) is 0.447. The van der Waals surface area contributed by atoms with Crippen LogP contribution in [0.1, 0.15) is 19.8 Å². The van der Waals surface area contributed by atoms with Gasteiger partial charge in [-0.2, -0.15) is 0 Å². The zero-order chi connectivity index (χ0) is 20.1. The predicted molar refractivity (Wildman–Crippen MR) is 121 cm³/mol. The van der Waals surface area contributed by atoms with Gasteiger partial charge < -0.3 is 15.5 Å². The number of para-hydroxylation sites is 1. The average molecular weight is 408 g/mol. The number of benzene rings is 2.